The van der Waals surface area contributed by atoms with E-state index in [1.165, 1.54) is 12.1 Å². The number of hydrogen-bond donors (Lipinski definition) is 3. The first-order chi connectivity index (χ1) is 15.9. The molecule has 1 amide bonds. The Hall–Kier alpha value is -3.09. The summed E-state index contributed by atoms with van der Waals surface area (Å²) in [4.78, 5) is 16.7. The third-order valence-electron chi connectivity index (χ3n) is 5.34. The fraction of sp³-hybridized carbons (Fsp3) is 0.348. The van der Waals surface area contributed by atoms with Gasteiger partial charge in [-0.1, -0.05) is 55.1 Å². The standard InChI is InChI=1S/C23H26ClN5O3S/c24-21-9-5-4-8-20(21)22(30)26-15-14-17-10-12-19(13-11-17)33(31,32)29-23(27-16-25)28-18-6-2-1-3-7-18/h4-5,8-13,18H,1-3,6-7,14-15H2,(H,26,30)(H2,27,28,29). The number of benzene rings is 2. The maximum absolute atomic E-state index is 12.8. The Morgan fingerprint density at radius 2 is 1.79 bits per heavy atom. The van der Waals surface area contributed by atoms with Crippen LogP contribution in [0.5, 0.6) is 0 Å². The van der Waals surface area contributed by atoms with Gasteiger partial charge in [-0.05, 0) is 49.1 Å². The van der Waals surface area contributed by atoms with Crippen molar-refractivity contribution in [1.82, 2.24) is 15.4 Å². The zero-order valence-electron chi connectivity index (χ0n) is 18.1. The number of carbonyl (C=O) groups excluding carboxylic acids is 1. The molecule has 3 rings (SSSR count). The SMILES string of the molecule is N#CNC(=NC1CCCCC1)NS(=O)(=O)c1ccc(CCNC(=O)c2ccccc2Cl)cc1. The molecule has 2 aromatic rings. The number of halogens is 1. The smallest absolute Gasteiger partial charge is 0.264 e. The van der Waals surface area contributed by atoms with Crippen molar-refractivity contribution in [2.45, 2.75) is 49.5 Å². The lowest BCUT2D eigenvalue weighted by molar-refractivity contribution is 0.0954. The third-order valence-corrected chi connectivity index (χ3v) is 7.03. The Labute approximate surface area is 199 Å². The summed E-state index contributed by atoms with van der Waals surface area (Å²) in [6.07, 6.45) is 7.24. The quantitative estimate of drug-likeness (QED) is 0.239. The van der Waals surface area contributed by atoms with Crippen LogP contribution in [0.15, 0.2) is 58.4 Å². The van der Waals surface area contributed by atoms with Gasteiger partial charge in [0.2, 0.25) is 5.96 Å². The van der Waals surface area contributed by atoms with Crippen LogP contribution in [0.4, 0.5) is 0 Å². The molecule has 33 heavy (non-hydrogen) atoms. The molecule has 0 atom stereocenters. The highest BCUT2D eigenvalue weighted by Crippen LogP contribution is 2.20. The van der Waals surface area contributed by atoms with Crippen molar-refractivity contribution in [1.29, 1.82) is 5.26 Å². The van der Waals surface area contributed by atoms with E-state index in [1.807, 2.05) is 0 Å². The summed E-state index contributed by atoms with van der Waals surface area (Å²) in [7, 11) is -3.90. The molecule has 2 aromatic carbocycles. The molecule has 0 unspecified atom stereocenters. The highest BCUT2D eigenvalue weighted by molar-refractivity contribution is 7.90. The van der Waals surface area contributed by atoms with Crippen molar-refractivity contribution in [3.8, 4) is 6.19 Å². The Balaban J connectivity index is 1.58. The first-order valence-electron chi connectivity index (χ1n) is 10.8. The van der Waals surface area contributed by atoms with E-state index in [0.717, 1.165) is 37.7 Å². The first kappa shape index (κ1) is 24.6. The van der Waals surface area contributed by atoms with E-state index in [1.54, 1.807) is 42.6 Å². The summed E-state index contributed by atoms with van der Waals surface area (Å²) in [5.41, 5.74) is 1.27. The average molecular weight is 488 g/mol. The Kier molecular flexibility index (Phi) is 8.69. The molecule has 0 aromatic heterocycles. The molecule has 1 aliphatic carbocycles. The third kappa shape index (κ3) is 7.20. The van der Waals surface area contributed by atoms with E-state index in [9.17, 15) is 13.2 Å². The minimum Gasteiger partial charge on any atom is -0.352 e. The van der Waals surface area contributed by atoms with Crippen LogP contribution in [0.2, 0.25) is 5.02 Å². The maximum Gasteiger partial charge on any atom is 0.264 e. The zero-order chi connectivity index (χ0) is 23.7. The van der Waals surface area contributed by atoms with Crippen molar-refractivity contribution in [2.24, 2.45) is 4.99 Å². The molecule has 10 heteroatoms. The van der Waals surface area contributed by atoms with E-state index < -0.39 is 10.0 Å². The topological polar surface area (TPSA) is 123 Å². The summed E-state index contributed by atoms with van der Waals surface area (Å²) in [6.45, 7) is 0.374. The van der Waals surface area contributed by atoms with E-state index in [4.69, 9.17) is 16.9 Å². The fourth-order valence-corrected chi connectivity index (χ4v) is 4.80. The number of rotatable bonds is 7. The molecule has 1 saturated carbocycles. The molecular formula is C23H26ClN5O3S. The number of nitrogens with zero attached hydrogens (tertiary/aromatic N) is 2. The van der Waals surface area contributed by atoms with Crippen LogP contribution in [0, 0.1) is 11.5 Å². The van der Waals surface area contributed by atoms with Crippen molar-refractivity contribution < 1.29 is 13.2 Å². The minimum atomic E-state index is -3.90. The molecule has 0 aliphatic heterocycles. The van der Waals surface area contributed by atoms with Crippen molar-refractivity contribution in [3.05, 3.63) is 64.7 Å². The predicted octanol–water partition coefficient (Wildman–Crippen LogP) is 3.35. The van der Waals surface area contributed by atoms with Crippen LogP contribution < -0.4 is 15.4 Å². The largest absolute Gasteiger partial charge is 0.352 e. The molecular weight excluding hydrogens is 462 g/mol. The number of carbonyl (C=O) groups is 1. The van der Waals surface area contributed by atoms with Gasteiger partial charge in [-0.3, -0.25) is 10.1 Å². The molecule has 8 nitrogen and oxygen atoms in total. The number of hydrogen-bond acceptors (Lipinski definition) is 5. The van der Waals surface area contributed by atoms with Crippen LogP contribution in [-0.2, 0) is 16.4 Å². The van der Waals surface area contributed by atoms with Gasteiger partial charge in [-0.25, -0.2) is 18.1 Å². The molecule has 3 N–H and O–H groups in total. The number of sulfonamides is 1. The Morgan fingerprint density at radius 1 is 1.09 bits per heavy atom. The summed E-state index contributed by atoms with van der Waals surface area (Å²) < 4.78 is 27.9. The monoisotopic (exact) mass is 487 g/mol. The van der Waals surface area contributed by atoms with Gasteiger partial charge in [0.05, 0.1) is 21.5 Å². The first-order valence-corrected chi connectivity index (χ1v) is 12.6. The normalized spacial score (nSPS) is 14.8. The number of guanidine groups is 1. The van der Waals surface area contributed by atoms with Gasteiger partial charge in [0, 0.05) is 6.54 Å². The lowest BCUT2D eigenvalue weighted by Gasteiger charge is -2.19. The Morgan fingerprint density at radius 3 is 2.45 bits per heavy atom. The molecule has 0 heterocycles. The second kappa shape index (κ2) is 11.7. The molecule has 1 aliphatic rings. The van der Waals surface area contributed by atoms with Crippen molar-refractivity contribution in [3.63, 3.8) is 0 Å². The lowest BCUT2D eigenvalue weighted by atomic mass is 9.96. The number of nitriles is 1. The lowest BCUT2D eigenvalue weighted by Crippen LogP contribution is -2.40. The van der Waals surface area contributed by atoms with Gasteiger partial charge >= 0.3 is 0 Å². The number of nitrogens with one attached hydrogen (secondary N) is 3. The predicted molar refractivity (Wildman–Crippen MR) is 127 cm³/mol. The number of aliphatic imine (C=N–C) groups is 1. The van der Waals surface area contributed by atoms with Crippen LogP contribution in [0.3, 0.4) is 0 Å². The fourth-order valence-electron chi connectivity index (χ4n) is 3.61. The maximum atomic E-state index is 12.8. The second-order valence-electron chi connectivity index (χ2n) is 7.74. The van der Waals surface area contributed by atoms with Gasteiger partial charge in [0.25, 0.3) is 15.9 Å². The molecule has 0 radical (unpaired) electrons. The molecule has 1 fully saturated rings. The Bertz CT molecular complexity index is 1140. The van der Waals surface area contributed by atoms with Crippen LogP contribution in [-0.4, -0.2) is 32.9 Å². The zero-order valence-corrected chi connectivity index (χ0v) is 19.6. The van der Waals surface area contributed by atoms with Crippen LogP contribution in [0.25, 0.3) is 0 Å². The van der Waals surface area contributed by atoms with Crippen molar-refractivity contribution >= 4 is 33.5 Å². The summed E-state index contributed by atoms with van der Waals surface area (Å²) in [6, 6.07) is 13.1. The summed E-state index contributed by atoms with van der Waals surface area (Å²) >= 11 is 6.03. The van der Waals surface area contributed by atoms with Crippen LogP contribution in [0.1, 0.15) is 48.0 Å². The summed E-state index contributed by atoms with van der Waals surface area (Å²) in [5, 5.41) is 14.5. The van der Waals surface area contributed by atoms with Gasteiger partial charge in [-0.15, -0.1) is 0 Å². The second-order valence-corrected chi connectivity index (χ2v) is 9.83. The van der Waals surface area contributed by atoms with E-state index in [0.29, 0.717) is 23.6 Å². The number of amides is 1. The van der Waals surface area contributed by atoms with Gasteiger partial charge in [0.15, 0.2) is 6.19 Å². The van der Waals surface area contributed by atoms with Gasteiger partial charge in [0.1, 0.15) is 0 Å². The van der Waals surface area contributed by atoms with Gasteiger partial charge in [-0.2, -0.15) is 5.26 Å². The minimum absolute atomic E-state index is 0.000605. The highest BCUT2D eigenvalue weighted by atomic mass is 35.5. The molecule has 174 valence electrons. The molecule has 0 bridgehead atoms. The van der Waals surface area contributed by atoms with E-state index in [-0.39, 0.29) is 22.8 Å². The molecule has 0 saturated heterocycles. The van der Waals surface area contributed by atoms with Gasteiger partial charge < -0.3 is 5.32 Å². The van der Waals surface area contributed by atoms with Crippen molar-refractivity contribution in [2.75, 3.05) is 6.54 Å². The summed E-state index contributed by atoms with van der Waals surface area (Å²) in [5.74, 6) is -0.325. The highest BCUT2D eigenvalue weighted by Gasteiger charge is 2.19. The van der Waals surface area contributed by atoms with E-state index in [2.05, 4.69) is 20.3 Å². The van der Waals surface area contributed by atoms with Crippen LogP contribution >= 0.6 is 11.6 Å². The molecule has 0 spiro atoms. The van der Waals surface area contributed by atoms with E-state index >= 15 is 0 Å². The average Bonchev–Trinajstić information content (AvgIpc) is 2.80.